The standard InChI is InChI=1S/4C20H38O2S.2CH4.H2S.2Sn/c4*1-2-3-4-5-6-7-8-9-10-11-12-13-14-15-16-17-20(21)22-18-19-23;;;;;/h4*15-16,23H,2-14,17-19H2,1H3;2*1H4;1H2;;/q;;;;;;;2*+2/p-4/b4*16-15+;;;;;. The first-order valence-electron chi connectivity index (χ1n) is 38.8. The zero-order valence-electron chi connectivity index (χ0n) is 62.3. The average Bonchev–Trinajstić information content (AvgIpc) is 3.68. The van der Waals surface area contributed by atoms with Crippen molar-refractivity contribution in [3.8, 4) is 0 Å². The summed E-state index contributed by atoms with van der Waals surface area (Å²) in [5.74, 6) is 1.26. The van der Waals surface area contributed by atoms with E-state index in [1.807, 2.05) is 24.3 Å². The van der Waals surface area contributed by atoms with Gasteiger partial charge in [0.05, 0.1) is 52.1 Å². The van der Waals surface area contributed by atoms with Crippen molar-refractivity contribution < 1.29 is 38.1 Å². The molecular weight excluding hydrogens is 1510 g/mol. The first kappa shape index (κ1) is 116. The second kappa shape index (κ2) is 112. The Morgan fingerprint density at radius 3 is 0.474 bits per heavy atom. The molecule has 0 saturated carbocycles. The van der Waals surface area contributed by atoms with Gasteiger partial charge in [-0.1, -0.05) is 374 Å². The molecule has 8 nitrogen and oxygen atoms in total. The summed E-state index contributed by atoms with van der Waals surface area (Å²) in [4.78, 5) is 44.9. The minimum Gasteiger partial charge on any atom is -0.789 e. The molecule has 97 heavy (non-hydrogen) atoms. The summed E-state index contributed by atoms with van der Waals surface area (Å²) in [5.41, 5.74) is 0. The fourth-order valence-electron chi connectivity index (χ4n) is 10.5. The van der Waals surface area contributed by atoms with Gasteiger partial charge in [0, 0.05) is 0 Å². The maximum Gasteiger partial charge on any atom is 2.00 e. The number of ether oxygens (including phenoxy) is 4. The molecule has 0 aliphatic carbocycles. The van der Waals surface area contributed by atoms with E-state index in [4.69, 9.17) is 69.5 Å². The molecule has 0 fully saturated rings. The van der Waals surface area contributed by atoms with Gasteiger partial charge in [0.1, 0.15) is 0 Å². The third-order valence-electron chi connectivity index (χ3n) is 16.1. The summed E-state index contributed by atoms with van der Waals surface area (Å²) >= 11 is 18.9. The molecule has 0 rings (SSSR count). The molecule has 15 heteroatoms. The average molecular weight is 1670 g/mol. The SMILES string of the molecule is C.C.CCCCCCCCCCCCCC/C=C/CC(=O)OCC[S-].CCCCCCCCCCCCCC/C=C/CC(=O)OCC[S-].CCCCCCCCCCCCCC/C=C/CC(=O)OCC[S-].CCCCCCCCCCCCCC/C=C/CC(=O)OCC[S-].S.[Sn+2].[Sn+2]. The molecule has 0 bridgehead atoms. The van der Waals surface area contributed by atoms with Crippen molar-refractivity contribution in [1.29, 1.82) is 0 Å². The zero-order valence-corrected chi connectivity index (χ0v) is 72.2. The van der Waals surface area contributed by atoms with Crippen LogP contribution >= 0.6 is 13.5 Å². The molecule has 0 aliphatic rings. The van der Waals surface area contributed by atoms with E-state index in [-0.39, 0.29) is 100 Å². The molecule has 0 atom stereocenters. The Kier molecular flexibility index (Phi) is 134. The fraction of sp³-hybridized carbons (Fsp3) is 0.854. The second-order valence-corrected chi connectivity index (χ2v) is 26.7. The van der Waals surface area contributed by atoms with Crippen molar-refractivity contribution >= 4 is 136 Å². The monoisotopic (exact) mass is 1670 g/mol. The molecule has 0 aromatic heterocycles. The minimum atomic E-state index is -0.166. The molecule has 0 N–H and O–H groups in total. The summed E-state index contributed by atoms with van der Waals surface area (Å²) in [5, 5.41) is 0. The number of rotatable bonds is 68. The third kappa shape index (κ3) is 120. The summed E-state index contributed by atoms with van der Waals surface area (Å²) < 4.78 is 19.7. The molecule has 0 unspecified atom stereocenters. The van der Waals surface area contributed by atoms with Crippen LogP contribution < -0.4 is 0 Å². The molecule has 0 aromatic carbocycles. The van der Waals surface area contributed by atoms with Crippen LogP contribution in [-0.2, 0) is 88.6 Å². The molecule has 0 aliphatic heterocycles. The fourth-order valence-corrected chi connectivity index (χ4v) is 10.8. The number of hydrogen-bond donors (Lipinski definition) is 0. The predicted octanol–water partition coefficient (Wildman–Crippen LogP) is 25.1. The topological polar surface area (TPSA) is 105 Å². The van der Waals surface area contributed by atoms with Crippen molar-refractivity contribution in [2.45, 2.75) is 402 Å². The van der Waals surface area contributed by atoms with E-state index in [9.17, 15) is 19.2 Å². The molecule has 4 radical (unpaired) electrons. The van der Waals surface area contributed by atoms with Crippen LogP contribution in [0.15, 0.2) is 48.6 Å². The number of carbonyl (C=O) groups excluding carboxylic acids is 4. The van der Waals surface area contributed by atoms with Crippen LogP contribution in [0.3, 0.4) is 0 Å². The van der Waals surface area contributed by atoms with Gasteiger partial charge in [0.25, 0.3) is 0 Å². The van der Waals surface area contributed by atoms with Crippen LogP contribution in [0.25, 0.3) is 0 Å². The molecule has 0 aromatic rings. The van der Waals surface area contributed by atoms with E-state index in [1.165, 1.54) is 308 Å². The Balaban J connectivity index is -0.000000149. The van der Waals surface area contributed by atoms with Gasteiger partial charge >= 0.3 is 71.7 Å². The Hall–Kier alpha value is 0.187. The maximum absolute atomic E-state index is 11.2. The van der Waals surface area contributed by atoms with Crippen molar-refractivity contribution in [3.63, 3.8) is 0 Å². The number of unbranched alkanes of at least 4 members (excludes halogenated alkanes) is 48. The Morgan fingerprint density at radius 1 is 0.227 bits per heavy atom. The van der Waals surface area contributed by atoms with Crippen LogP contribution in [0.4, 0.5) is 0 Å². The Labute approximate surface area is 668 Å². The quantitative estimate of drug-likeness (QED) is 0.0145. The van der Waals surface area contributed by atoms with E-state index in [1.54, 1.807) is 0 Å². The zero-order chi connectivity index (χ0) is 68.0. The van der Waals surface area contributed by atoms with Crippen molar-refractivity contribution in [2.75, 3.05) is 49.4 Å². The van der Waals surface area contributed by atoms with Crippen LogP contribution in [0, 0.1) is 0 Å². The van der Waals surface area contributed by atoms with Crippen molar-refractivity contribution in [3.05, 3.63) is 48.6 Å². The summed E-state index contributed by atoms with van der Waals surface area (Å²) in [6.45, 7) is 10.5. The largest absolute Gasteiger partial charge is 2.00 e. The van der Waals surface area contributed by atoms with E-state index >= 15 is 0 Å². The van der Waals surface area contributed by atoms with Gasteiger partial charge in [-0.3, -0.25) is 19.2 Å². The molecule has 0 spiro atoms. The van der Waals surface area contributed by atoms with Crippen molar-refractivity contribution in [1.82, 2.24) is 0 Å². The third-order valence-corrected chi connectivity index (χ3v) is 16.8. The number of carbonyl (C=O) groups is 4. The van der Waals surface area contributed by atoms with E-state index in [0.29, 0.717) is 75.1 Å². The first-order chi connectivity index (χ1) is 45.2. The second-order valence-electron chi connectivity index (χ2n) is 25.1. The van der Waals surface area contributed by atoms with Crippen LogP contribution in [-0.4, -0.2) is 121 Å². The molecule has 572 valence electrons. The van der Waals surface area contributed by atoms with E-state index in [2.05, 4.69) is 52.0 Å². The van der Waals surface area contributed by atoms with E-state index < -0.39 is 0 Å². The van der Waals surface area contributed by atoms with Gasteiger partial charge < -0.3 is 69.5 Å². The van der Waals surface area contributed by atoms with E-state index in [0.717, 1.165) is 25.7 Å². The molecular formula is C82H158O8S5Sn2. The smallest absolute Gasteiger partial charge is 0.789 e. The van der Waals surface area contributed by atoms with Crippen LogP contribution in [0.2, 0.25) is 0 Å². The molecule has 0 heterocycles. The number of allylic oxidation sites excluding steroid dienone is 4. The molecule has 0 saturated heterocycles. The summed E-state index contributed by atoms with van der Waals surface area (Å²) in [6, 6.07) is 0. The number of hydrogen-bond acceptors (Lipinski definition) is 12. The van der Waals surface area contributed by atoms with Gasteiger partial charge in [-0.15, -0.1) is 23.0 Å². The van der Waals surface area contributed by atoms with Gasteiger partial charge in [0.2, 0.25) is 0 Å². The summed E-state index contributed by atoms with van der Waals surface area (Å²) in [6.07, 6.45) is 88.1. The maximum atomic E-state index is 11.2. The number of esters is 4. The molecule has 0 amide bonds. The minimum absolute atomic E-state index is 0. The van der Waals surface area contributed by atoms with Crippen LogP contribution in [0.1, 0.15) is 402 Å². The van der Waals surface area contributed by atoms with Crippen molar-refractivity contribution in [2.24, 2.45) is 0 Å². The summed E-state index contributed by atoms with van der Waals surface area (Å²) in [7, 11) is 0. The van der Waals surface area contributed by atoms with Gasteiger partial charge in [0.15, 0.2) is 0 Å². The van der Waals surface area contributed by atoms with Gasteiger partial charge in [-0.25, -0.2) is 0 Å². The Morgan fingerprint density at radius 2 is 0.351 bits per heavy atom. The Bertz CT molecular complexity index is 1350. The van der Waals surface area contributed by atoms with Gasteiger partial charge in [-0.05, 0) is 51.4 Å². The van der Waals surface area contributed by atoms with Crippen LogP contribution in [0.5, 0.6) is 0 Å². The predicted molar refractivity (Wildman–Crippen MR) is 446 cm³/mol. The normalized spacial score (nSPS) is 10.6. The first-order valence-corrected chi connectivity index (χ1v) is 41.1. The van der Waals surface area contributed by atoms with Gasteiger partial charge in [-0.2, -0.15) is 13.5 Å².